The number of benzene rings is 2. The van der Waals surface area contributed by atoms with E-state index in [0.717, 1.165) is 25.2 Å². The zero-order chi connectivity index (χ0) is 28.1. The summed E-state index contributed by atoms with van der Waals surface area (Å²) in [5, 5.41) is 13.9. The Morgan fingerprint density at radius 3 is 2.18 bits per heavy atom. The van der Waals surface area contributed by atoms with Gasteiger partial charge in [0.25, 0.3) is 5.91 Å². The average Bonchev–Trinajstić information content (AvgIpc) is 3.21. The largest absolute Gasteiger partial charge is 0.872 e. The fourth-order valence-electron chi connectivity index (χ4n) is 5.29. The summed E-state index contributed by atoms with van der Waals surface area (Å²) in [6.07, 6.45) is 0.665. The monoisotopic (exact) mass is 540 g/mol. The molecule has 210 valence electrons. The van der Waals surface area contributed by atoms with Crippen LogP contribution in [-0.2, 0) is 14.3 Å². The van der Waals surface area contributed by atoms with E-state index in [4.69, 9.17) is 23.7 Å². The van der Waals surface area contributed by atoms with Crippen molar-refractivity contribution in [1.82, 2.24) is 4.90 Å². The van der Waals surface area contributed by atoms with Crippen molar-refractivity contribution in [3.05, 3.63) is 52.6 Å². The third kappa shape index (κ3) is 5.67. The molecule has 0 spiro atoms. The second-order valence-corrected chi connectivity index (χ2v) is 9.58. The predicted molar refractivity (Wildman–Crippen MR) is 141 cm³/mol. The van der Waals surface area contributed by atoms with Crippen LogP contribution in [0.25, 0.3) is 5.76 Å². The highest BCUT2D eigenvalue weighted by molar-refractivity contribution is 6.46. The highest BCUT2D eigenvalue weighted by Crippen LogP contribution is 2.45. The molecule has 0 radical (unpaired) electrons. The Bertz CT molecular complexity index is 1230. The summed E-state index contributed by atoms with van der Waals surface area (Å²) < 4.78 is 27.3. The first kappa shape index (κ1) is 28.3. The molecule has 2 aliphatic rings. The van der Waals surface area contributed by atoms with Gasteiger partial charge in [0.05, 0.1) is 54.2 Å². The van der Waals surface area contributed by atoms with Gasteiger partial charge in [0.2, 0.25) is 11.5 Å². The van der Waals surface area contributed by atoms with E-state index in [-0.39, 0.29) is 5.57 Å². The van der Waals surface area contributed by atoms with E-state index in [0.29, 0.717) is 60.3 Å². The first-order valence-electron chi connectivity index (χ1n) is 13.0. The SMILES string of the molecule is COc1ccc(/C([O-])=C2\C(=O)C(=O)N(CCC[NH+]3CCOCC3)C2c2cc(OC)c(OC)c(OC)c2)cc1C. The van der Waals surface area contributed by atoms with Gasteiger partial charge < -0.3 is 38.6 Å². The van der Waals surface area contributed by atoms with Crippen molar-refractivity contribution < 1.29 is 43.3 Å². The number of nitrogens with one attached hydrogen (secondary N) is 1. The molecular formula is C29H36N2O8. The number of carbonyl (C=O) groups excluding carboxylic acids is 2. The van der Waals surface area contributed by atoms with Crippen LogP contribution in [0.4, 0.5) is 0 Å². The van der Waals surface area contributed by atoms with E-state index in [1.54, 1.807) is 37.4 Å². The quantitative estimate of drug-likeness (QED) is 0.265. The number of carbonyl (C=O) groups is 2. The number of quaternary nitrogens is 1. The minimum atomic E-state index is -0.909. The van der Waals surface area contributed by atoms with Crippen molar-refractivity contribution in [1.29, 1.82) is 0 Å². The van der Waals surface area contributed by atoms with Gasteiger partial charge >= 0.3 is 0 Å². The zero-order valence-corrected chi connectivity index (χ0v) is 23.1. The van der Waals surface area contributed by atoms with E-state index in [2.05, 4.69) is 0 Å². The molecule has 4 rings (SSSR count). The van der Waals surface area contributed by atoms with Crippen molar-refractivity contribution in [2.24, 2.45) is 0 Å². The van der Waals surface area contributed by atoms with Gasteiger partial charge in [-0.25, -0.2) is 0 Å². The fraction of sp³-hybridized carbons (Fsp3) is 0.448. The van der Waals surface area contributed by atoms with E-state index in [1.807, 2.05) is 6.92 Å². The summed E-state index contributed by atoms with van der Waals surface area (Å²) in [4.78, 5) is 29.7. The van der Waals surface area contributed by atoms with Crippen LogP contribution in [0.15, 0.2) is 35.9 Å². The lowest BCUT2D eigenvalue weighted by atomic mass is 9.94. The molecule has 2 saturated heterocycles. The number of likely N-dealkylation sites (tertiary alicyclic amines) is 1. The van der Waals surface area contributed by atoms with Gasteiger partial charge in [-0.15, -0.1) is 0 Å². The minimum Gasteiger partial charge on any atom is -0.872 e. The van der Waals surface area contributed by atoms with E-state index in [9.17, 15) is 14.7 Å². The normalized spacial score (nSPS) is 19.3. The lowest BCUT2D eigenvalue weighted by molar-refractivity contribution is -0.908. The molecule has 0 aliphatic carbocycles. The standard InChI is InChI=1S/C29H36N2O8/c1-18-15-19(7-8-21(18)35-2)26(32)24-25(20-16-22(36-3)28(38-5)23(17-20)37-4)31(29(34)27(24)33)10-6-9-30-11-13-39-14-12-30/h7-8,15-17,25,32H,6,9-14H2,1-5H3/b26-24+. The number of methoxy groups -OCH3 is 4. The zero-order valence-electron chi connectivity index (χ0n) is 23.1. The molecule has 0 aromatic heterocycles. The predicted octanol–water partition coefficient (Wildman–Crippen LogP) is 0.559. The number of aryl methyl sites for hydroxylation is 1. The molecule has 1 unspecified atom stereocenters. The van der Waals surface area contributed by atoms with Gasteiger partial charge in [-0.2, -0.15) is 0 Å². The summed E-state index contributed by atoms with van der Waals surface area (Å²) in [5.41, 5.74) is 1.48. The molecule has 2 aromatic carbocycles. The Morgan fingerprint density at radius 1 is 0.974 bits per heavy atom. The lowest BCUT2D eigenvalue weighted by Gasteiger charge is -2.29. The third-order valence-corrected chi connectivity index (χ3v) is 7.32. The summed E-state index contributed by atoms with van der Waals surface area (Å²) >= 11 is 0. The number of ketones is 1. The highest BCUT2D eigenvalue weighted by Gasteiger charge is 2.44. The number of nitrogens with zero attached hydrogens (tertiary/aromatic N) is 1. The van der Waals surface area contributed by atoms with Crippen molar-refractivity contribution in [3.8, 4) is 23.0 Å². The Labute approximate surface area is 228 Å². The maximum absolute atomic E-state index is 13.9. The van der Waals surface area contributed by atoms with Crippen molar-refractivity contribution in [2.45, 2.75) is 19.4 Å². The average molecular weight is 541 g/mol. The van der Waals surface area contributed by atoms with E-state index < -0.39 is 23.5 Å². The second-order valence-electron chi connectivity index (χ2n) is 9.58. The Balaban J connectivity index is 1.80. The molecule has 2 fully saturated rings. The Kier molecular flexibility index (Phi) is 8.98. The van der Waals surface area contributed by atoms with E-state index >= 15 is 0 Å². The number of Topliss-reactive ketones (excluding diaryl/α,β-unsaturated/α-hetero) is 1. The maximum Gasteiger partial charge on any atom is 0.295 e. The van der Waals surface area contributed by atoms with Gasteiger partial charge in [0, 0.05) is 18.5 Å². The number of amides is 1. The Hall–Kier alpha value is -3.76. The smallest absolute Gasteiger partial charge is 0.295 e. The van der Waals surface area contributed by atoms with Crippen LogP contribution < -0.4 is 29.0 Å². The molecule has 10 nitrogen and oxygen atoms in total. The van der Waals surface area contributed by atoms with Crippen LogP contribution in [0.1, 0.15) is 29.2 Å². The Morgan fingerprint density at radius 2 is 1.62 bits per heavy atom. The molecular weight excluding hydrogens is 504 g/mol. The summed E-state index contributed by atoms with van der Waals surface area (Å²) in [6, 6.07) is 7.42. The van der Waals surface area contributed by atoms with Crippen LogP contribution in [0.3, 0.4) is 0 Å². The van der Waals surface area contributed by atoms with Gasteiger partial charge in [-0.05, 0) is 47.9 Å². The number of hydrogen-bond acceptors (Lipinski definition) is 8. The summed E-state index contributed by atoms with van der Waals surface area (Å²) in [7, 11) is 6.03. The van der Waals surface area contributed by atoms with Crippen LogP contribution in [-0.4, -0.2) is 84.4 Å². The maximum atomic E-state index is 13.9. The van der Waals surface area contributed by atoms with Crippen molar-refractivity contribution in [2.75, 3.05) is 67.8 Å². The summed E-state index contributed by atoms with van der Waals surface area (Å²) in [5.74, 6) is -0.268. The molecule has 0 saturated carbocycles. The molecule has 10 heteroatoms. The lowest BCUT2D eigenvalue weighted by Crippen LogP contribution is -3.14. The molecule has 2 heterocycles. The van der Waals surface area contributed by atoms with Crippen LogP contribution in [0.5, 0.6) is 23.0 Å². The van der Waals surface area contributed by atoms with Crippen LogP contribution in [0.2, 0.25) is 0 Å². The number of morpholine rings is 1. The molecule has 1 amide bonds. The van der Waals surface area contributed by atoms with Gasteiger partial charge in [0.15, 0.2) is 11.5 Å². The first-order valence-corrected chi connectivity index (χ1v) is 13.0. The summed E-state index contributed by atoms with van der Waals surface area (Å²) in [6.45, 7) is 6.17. The molecule has 1 atom stereocenters. The molecule has 2 aromatic rings. The third-order valence-electron chi connectivity index (χ3n) is 7.32. The number of ether oxygens (including phenoxy) is 5. The fourth-order valence-corrected chi connectivity index (χ4v) is 5.29. The number of rotatable bonds is 10. The molecule has 2 aliphatic heterocycles. The van der Waals surface area contributed by atoms with Crippen molar-refractivity contribution in [3.63, 3.8) is 0 Å². The van der Waals surface area contributed by atoms with Crippen LogP contribution in [0, 0.1) is 6.92 Å². The molecule has 39 heavy (non-hydrogen) atoms. The topological polar surface area (TPSA) is 111 Å². The molecule has 0 bridgehead atoms. The minimum absolute atomic E-state index is 0.0995. The van der Waals surface area contributed by atoms with Crippen molar-refractivity contribution >= 4 is 17.4 Å². The van der Waals surface area contributed by atoms with Gasteiger partial charge in [-0.1, -0.05) is 11.8 Å². The highest BCUT2D eigenvalue weighted by atomic mass is 16.5. The second kappa shape index (κ2) is 12.4. The molecule has 1 N–H and O–H groups in total. The van der Waals surface area contributed by atoms with E-state index in [1.165, 1.54) is 31.1 Å². The van der Waals surface area contributed by atoms with Crippen LogP contribution >= 0.6 is 0 Å². The first-order chi connectivity index (χ1) is 18.8. The van der Waals surface area contributed by atoms with Gasteiger partial charge in [0.1, 0.15) is 18.8 Å². The van der Waals surface area contributed by atoms with Gasteiger partial charge in [-0.3, -0.25) is 9.59 Å². The number of hydrogen-bond donors (Lipinski definition) is 1.